The molecule has 1 aliphatic heterocycles. The largest absolute Gasteiger partial charge is 0.388 e. The minimum Gasteiger partial charge on any atom is -0.388 e. The molecule has 26 heavy (non-hydrogen) atoms. The van der Waals surface area contributed by atoms with Gasteiger partial charge >= 0.3 is 7.60 Å². The summed E-state index contributed by atoms with van der Waals surface area (Å²) in [6.07, 6.45) is -1.88. The molecule has 0 bridgehead atoms. The molecule has 13 heteroatoms. The summed E-state index contributed by atoms with van der Waals surface area (Å²) in [5.74, 6) is 0.0840. The van der Waals surface area contributed by atoms with Crippen molar-refractivity contribution in [2.24, 2.45) is 0 Å². The maximum absolute atomic E-state index is 10.9. The zero-order chi connectivity index (χ0) is 19.1. The van der Waals surface area contributed by atoms with Crippen LogP contribution in [0, 0.1) is 0 Å². The fraction of sp³-hybridized carbons (Fsp3) is 0.615. The third kappa shape index (κ3) is 3.99. The highest BCUT2D eigenvalue weighted by atomic mass is 35.5. The van der Waals surface area contributed by atoms with Crippen molar-refractivity contribution in [3.63, 3.8) is 0 Å². The molecule has 0 spiro atoms. The lowest BCUT2D eigenvalue weighted by Crippen LogP contribution is -2.31. The minimum absolute atomic E-state index is 0.0840. The number of nitrogens with two attached hydrogens (primary N) is 1. The molecule has 1 unspecified atom stereocenters. The van der Waals surface area contributed by atoms with Gasteiger partial charge in [0.2, 0.25) is 5.28 Å². The summed E-state index contributed by atoms with van der Waals surface area (Å²) in [6.45, 7) is 0. The summed E-state index contributed by atoms with van der Waals surface area (Å²) >= 11 is 5.81. The summed E-state index contributed by atoms with van der Waals surface area (Å²) in [6, 6.07) is 0. The Morgan fingerprint density at radius 2 is 2.00 bits per heavy atom. The fourth-order valence-corrected chi connectivity index (χ4v) is 3.76. The summed E-state index contributed by atoms with van der Waals surface area (Å²) < 4.78 is 18.0. The monoisotopic (exact) mass is 407 g/mol. The van der Waals surface area contributed by atoms with Crippen LogP contribution in [0.5, 0.6) is 0 Å². The number of anilines is 1. The normalized spacial score (nSPS) is 26.7. The first-order chi connectivity index (χ1) is 12.2. The van der Waals surface area contributed by atoms with Crippen LogP contribution in [0.1, 0.15) is 25.5 Å². The molecular formula is C13H19ClN5O6P. The first-order valence-corrected chi connectivity index (χ1v) is 10.1. The van der Waals surface area contributed by atoms with E-state index in [-0.39, 0.29) is 29.3 Å². The molecule has 2 aromatic heterocycles. The zero-order valence-corrected chi connectivity index (χ0v) is 15.2. The number of nitrogen functional groups attached to an aromatic ring is 1. The van der Waals surface area contributed by atoms with Gasteiger partial charge in [0.1, 0.15) is 17.7 Å². The second-order valence-electron chi connectivity index (χ2n) is 6.13. The molecule has 144 valence electrons. The van der Waals surface area contributed by atoms with Crippen molar-refractivity contribution in [3.8, 4) is 0 Å². The number of unbranched alkanes of at least 4 members (excludes halogenated alkanes) is 1. The van der Waals surface area contributed by atoms with Gasteiger partial charge in [0.05, 0.1) is 12.4 Å². The van der Waals surface area contributed by atoms with Crippen LogP contribution < -0.4 is 5.73 Å². The lowest BCUT2D eigenvalue weighted by Gasteiger charge is -2.16. The number of aliphatic hydroxyl groups excluding tert-OH is 2. The maximum Gasteiger partial charge on any atom is 0.325 e. The second kappa shape index (κ2) is 7.35. The molecule has 0 amide bonds. The van der Waals surface area contributed by atoms with Gasteiger partial charge in [-0.25, -0.2) is 4.98 Å². The van der Waals surface area contributed by atoms with E-state index in [1.54, 1.807) is 0 Å². The van der Waals surface area contributed by atoms with Crippen LogP contribution in [-0.2, 0) is 9.30 Å². The number of fused-ring (bicyclic) bond motifs is 1. The van der Waals surface area contributed by atoms with Gasteiger partial charge in [-0.15, -0.1) is 0 Å². The number of aliphatic hydroxyl groups is 2. The highest BCUT2D eigenvalue weighted by Gasteiger charge is 2.44. The Labute approximate surface area is 153 Å². The van der Waals surface area contributed by atoms with Crippen LogP contribution >= 0.6 is 19.2 Å². The zero-order valence-electron chi connectivity index (χ0n) is 13.5. The predicted molar refractivity (Wildman–Crippen MR) is 91.4 cm³/mol. The second-order valence-corrected chi connectivity index (χ2v) is 8.25. The van der Waals surface area contributed by atoms with E-state index in [0.29, 0.717) is 18.4 Å². The SMILES string of the molecule is Nc1nc(Cl)nc2c1ncn2[C@@H]1O[C@H](CCCCP(=O)(O)O)C(O)[C@@H]1O. The van der Waals surface area contributed by atoms with E-state index in [2.05, 4.69) is 15.0 Å². The van der Waals surface area contributed by atoms with Gasteiger partial charge in [-0.3, -0.25) is 9.13 Å². The predicted octanol–water partition coefficient (Wildman–Crippen LogP) is 0.0291. The third-order valence-corrected chi connectivity index (χ3v) is 5.29. The number of halogens is 1. The number of imidazole rings is 1. The molecule has 2 aromatic rings. The van der Waals surface area contributed by atoms with E-state index in [9.17, 15) is 14.8 Å². The average molecular weight is 408 g/mol. The summed E-state index contributed by atoms with van der Waals surface area (Å²) in [5, 5.41) is 20.5. The van der Waals surface area contributed by atoms with Crippen molar-refractivity contribution in [2.75, 3.05) is 11.9 Å². The Bertz CT molecular complexity index is 844. The highest BCUT2D eigenvalue weighted by molar-refractivity contribution is 7.51. The molecule has 3 rings (SSSR count). The number of aromatic nitrogens is 4. The van der Waals surface area contributed by atoms with Crippen LogP contribution in [0.15, 0.2) is 6.33 Å². The Balaban J connectivity index is 1.73. The number of hydrogen-bond donors (Lipinski definition) is 5. The third-order valence-electron chi connectivity index (χ3n) is 4.22. The molecule has 0 aliphatic carbocycles. The quantitative estimate of drug-likeness (QED) is 0.249. The molecule has 6 N–H and O–H groups in total. The van der Waals surface area contributed by atoms with Crippen molar-refractivity contribution in [3.05, 3.63) is 11.6 Å². The molecular weight excluding hydrogens is 389 g/mol. The van der Waals surface area contributed by atoms with Crippen molar-refractivity contribution < 1.29 is 29.3 Å². The number of hydrogen-bond acceptors (Lipinski definition) is 8. The van der Waals surface area contributed by atoms with Crippen molar-refractivity contribution in [2.45, 2.75) is 43.8 Å². The van der Waals surface area contributed by atoms with E-state index in [0.717, 1.165) is 0 Å². The highest BCUT2D eigenvalue weighted by Crippen LogP contribution is 2.37. The van der Waals surface area contributed by atoms with Gasteiger partial charge in [-0.2, -0.15) is 9.97 Å². The van der Waals surface area contributed by atoms with E-state index in [1.165, 1.54) is 10.9 Å². The van der Waals surface area contributed by atoms with Crippen LogP contribution in [0.25, 0.3) is 11.2 Å². The van der Waals surface area contributed by atoms with Crippen LogP contribution in [0.4, 0.5) is 5.82 Å². The Kier molecular flexibility index (Phi) is 5.50. The molecule has 0 radical (unpaired) electrons. The van der Waals surface area contributed by atoms with Crippen LogP contribution in [-0.4, -0.2) is 64.0 Å². The fourth-order valence-electron chi connectivity index (χ4n) is 2.96. The van der Waals surface area contributed by atoms with Gasteiger partial charge in [0.15, 0.2) is 17.7 Å². The van der Waals surface area contributed by atoms with Gasteiger partial charge in [0.25, 0.3) is 0 Å². The smallest absolute Gasteiger partial charge is 0.325 e. The van der Waals surface area contributed by atoms with E-state index >= 15 is 0 Å². The molecule has 1 fully saturated rings. The van der Waals surface area contributed by atoms with Crippen molar-refractivity contribution in [1.82, 2.24) is 19.5 Å². The lowest BCUT2D eigenvalue weighted by molar-refractivity contribution is -0.0373. The molecule has 1 saturated heterocycles. The first-order valence-electron chi connectivity index (χ1n) is 7.89. The first kappa shape index (κ1) is 19.4. The Morgan fingerprint density at radius 3 is 2.69 bits per heavy atom. The van der Waals surface area contributed by atoms with E-state index in [1.807, 2.05) is 0 Å². The topological polar surface area (TPSA) is 177 Å². The number of nitrogens with zero attached hydrogens (tertiary/aromatic N) is 4. The standard InChI is InChI=1S/C13H19ClN5O6P/c14-13-17-10(15)7-11(18-13)19(5-16-7)12-9(21)8(20)6(25-12)3-1-2-4-26(22,23)24/h5-6,8-9,12,20-21H,1-4H2,(H2,15,17,18)(H2,22,23,24)/t6-,8?,9+,12-/m1/s1. The maximum atomic E-state index is 10.9. The molecule has 0 aromatic carbocycles. The number of rotatable bonds is 6. The summed E-state index contributed by atoms with van der Waals surface area (Å²) in [7, 11) is -4.05. The van der Waals surface area contributed by atoms with Gasteiger partial charge in [0, 0.05) is 6.16 Å². The van der Waals surface area contributed by atoms with E-state index < -0.39 is 32.1 Å². The lowest BCUT2D eigenvalue weighted by atomic mass is 10.1. The number of ether oxygens (including phenoxy) is 1. The molecule has 3 heterocycles. The van der Waals surface area contributed by atoms with Crippen molar-refractivity contribution >= 4 is 36.2 Å². The molecule has 4 atom stereocenters. The van der Waals surface area contributed by atoms with Crippen LogP contribution in [0.2, 0.25) is 5.28 Å². The van der Waals surface area contributed by atoms with Gasteiger partial charge in [-0.05, 0) is 24.4 Å². The molecule has 0 saturated carbocycles. The minimum atomic E-state index is -4.05. The average Bonchev–Trinajstić information content (AvgIpc) is 3.06. The van der Waals surface area contributed by atoms with Crippen molar-refractivity contribution in [1.29, 1.82) is 0 Å². The molecule has 1 aliphatic rings. The van der Waals surface area contributed by atoms with Crippen LogP contribution in [0.3, 0.4) is 0 Å². The van der Waals surface area contributed by atoms with Gasteiger partial charge < -0.3 is 30.5 Å². The Hall–Kier alpha value is -1.33. The van der Waals surface area contributed by atoms with Gasteiger partial charge in [-0.1, -0.05) is 6.42 Å². The summed E-state index contributed by atoms with van der Waals surface area (Å²) in [4.78, 5) is 29.7. The Morgan fingerprint density at radius 1 is 1.27 bits per heavy atom. The van der Waals surface area contributed by atoms with E-state index in [4.69, 9.17) is 31.9 Å². The summed E-state index contributed by atoms with van der Waals surface area (Å²) in [5.41, 5.74) is 6.31. The molecule has 11 nitrogen and oxygen atoms in total.